The van der Waals surface area contributed by atoms with E-state index in [-0.39, 0.29) is 5.91 Å². The van der Waals surface area contributed by atoms with Crippen molar-refractivity contribution in [2.24, 2.45) is 0 Å². The third-order valence-corrected chi connectivity index (χ3v) is 5.37. The highest BCUT2D eigenvalue weighted by Gasteiger charge is 2.19. The number of nitrogens with zero attached hydrogens (tertiary/aromatic N) is 3. The van der Waals surface area contributed by atoms with E-state index in [4.69, 9.17) is 11.6 Å². The second kappa shape index (κ2) is 8.54. The van der Waals surface area contributed by atoms with Crippen molar-refractivity contribution < 1.29 is 4.79 Å². The number of carbonyl (C=O) groups excluding carboxylic acids is 1. The van der Waals surface area contributed by atoms with Crippen LogP contribution in [-0.2, 0) is 11.3 Å². The number of nitrogens with one attached hydrogen (secondary N) is 1. The van der Waals surface area contributed by atoms with Crippen LogP contribution in [0.5, 0.6) is 0 Å². The minimum Gasteiger partial charge on any atom is -0.353 e. The van der Waals surface area contributed by atoms with Crippen molar-refractivity contribution in [2.45, 2.75) is 43.4 Å². The monoisotopic (exact) mass is 376 g/mol. The SMILES string of the molecule is C=CCn1c(SCC(=O)NC2CCCC2)nnc1-c1cccc(Cl)c1. The Kier molecular flexibility index (Phi) is 6.15. The van der Waals surface area contributed by atoms with Crippen molar-refractivity contribution in [3.63, 3.8) is 0 Å². The van der Waals surface area contributed by atoms with Gasteiger partial charge in [0.15, 0.2) is 11.0 Å². The summed E-state index contributed by atoms with van der Waals surface area (Å²) in [7, 11) is 0. The largest absolute Gasteiger partial charge is 0.353 e. The highest BCUT2D eigenvalue weighted by molar-refractivity contribution is 7.99. The first-order valence-electron chi connectivity index (χ1n) is 8.39. The molecule has 1 fully saturated rings. The van der Waals surface area contributed by atoms with Gasteiger partial charge in [0.05, 0.1) is 5.75 Å². The lowest BCUT2D eigenvalue weighted by Gasteiger charge is -2.12. The van der Waals surface area contributed by atoms with Gasteiger partial charge in [-0.2, -0.15) is 0 Å². The molecule has 0 saturated heterocycles. The second-order valence-corrected chi connectivity index (χ2v) is 7.43. The van der Waals surface area contributed by atoms with E-state index in [1.807, 2.05) is 28.8 Å². The standard InChI is InChI=1S/C18H21ClN4OS/c1-2-10-23-17(13-6-5-7-14(19)11-13)21-22-18(23)25-12-16(24)20-15-8-3-4-9-15/h2,5-7,11,15H,1,3-4,8-10,12H2,(H,20,24). The summed E-state index contributed by atoms with van der Waals surface area (Å²) in [5.74, 6) is 1.11. The maximum absolute atomic E-state index is 12.1. The van der Waals surface area contributed by atoms with E-state index in [1.165, 1.54) is 24.6 Å². The van der Waals surface area contributed by atoms with Gasteiger partial charge in [-0.05, 0) is 25.0 Å². The normalized spacial score (nSPS) is 14.6. The van der Waals surface area contributed by atoms with E-state index in [2.05, 4.69) is 22.1 Å². The number of hydrogen-bond acceptors (Lipinski definition) is 4. The van der Waals surface area contributed by atoms with Crippen molar-refractivity contribution >= 4 is 29.3 Å². The Morgan fingerprint density at radius 2 is 2.20 bits per heavy atom. The number of halogens is 1. The van der Waals surface area contributed by atoms with E-state index in [0.29, 0.717) is 28.5 Å². The van der Waals surface area contributed by atoms with Crippen LogP contribution in [0.2, 0.25) is 5.02 Å². The van der Waals surface area contributed by atoms with Crippen LogP contribution in [0.25, 0.3) is 11.4 Å². The Morgan fingerprint density at radius 1 is 1.40 bits per heavy atom. The van der Waals surface area contributed by atoms with Crippen LogP contribution in [0.4, 0.5) is 0 Å². The zero-order valence-electron chi connectivity index (χ0n) is 13.9. The number of hydrogen-bond donors (Lipinski definition) is 1. The zero-order chi connectivity index (χ0) is 17.6. The summed E-state index contributed by atoms with van der Waals surface area (Å²) in [6.45, 7) is 4.37. The smallest absolute Gasteiger partial charge is 0.230 e. The van der Waals surface area contributed by atoms with Crippen molar-refractivity contribution in [3.8, 4) is 11.4 Å². The van der Waals surface area contributed by atoms with Gasteiger partial charge in [-0.1, -0.05) is 54.4 Å². The molecule has 0 aliphatic heterocycles. The molecular formula is C18H21ClN4OS. The van der Waals surface area contributed by atoms with Crippen LogP contribution in [0.15, 0.2) is 42.1 Å². The molecule has 25 heavy (non-hydrogen) atoms. The summed E-state index contributed by atoms with van der Waals surface area (Å²) in [5, 5.41) is 13.0. The summed E-state index contributed by atoms with van der Waals surface area (Å²) in [5.41, 5.74) is 0.893. The Bertz CT molecular complexity index is 755. The molecule has 7 heteroatoms. The number of rotatable bonds is 7. The highest BCUT2D eigenvalue weighted by Crippen LogP contribution is 2.26. The fraction of sp³-hybridized carbons (Fsp3) is 0.389. The molecule has 3 rings (SSSR count). The van der Waals surface area contributed by atoms with Crippen LogP contribution in [0.3, 0.4) is 0 Å². The molecule has 0 bridgehead atoms. The summed E-state index contributed by atoms with van der Waals surface area (Å²) in [6.07, 6.45) is 6.37. The van der Waals surface area contributed by atoms with E-state index >= 15 is 0 Å². The number of thioether (sulfide) groups is 1. The van der Waals surface area contributed by atoms with Gasteiger partial charge in [0.25, 0.3) is 0 Å². The third-order valence-electron chi connectivity index (χ3n) is 4.16. The fourth-order valence-electron chi connectivity index (χ4n) is 3.00. The molecule has 1 N–H and O–H groups in total. The lowest BCUT2D eigenvalue weighted by atomic mass is 10.2. The second-order valence-electron chi connectivity index (χ2n) is 6.05. The zero-order valence-corrected chi connectivity index (χ0v) is 15.5. The summed E-state index contributed by atoms with van der Waals surface area (Å²) in [6, 6.07) is 7.83. The van der Waals surface area contributed by atoms with E-state index < -0.39 is 0 Å². The van der Waals surface area contributed by atoms with Crippen molar-refractivity contribution in [1.82, 2.24) is 20.1 Å². The van der Waals surface area contributed by atoms with E-state index in [0.717, 1.165) is 24.2 Å². The maximum Gasteiger partial charge on any atom is 0.230 e. The average molecular weight is 377 g/mol. The summed E-state index contributed by atoms with van der Waals surface area (Å²) >= 11 is 7.47. The van der Waals surface area contributed by atoms with Crippen LogP contribution in [0, 0.1) is 0 Å². The predicted molar refractivity (Wildman–Crippen MR) is 102 cm³/mol. The van der Waals surface area contributed by atoms with Crippen molar-refractivity contribution in [3.05, 3.63) is 41.9 Å². The van der Waals surface area contributed by atoms with Crippen LogP contribution < -0.4 is 5.32 Å². The molecule has 1 saturated carbocycles. The number of amides is 1. The van der Waals surface area contributed by atoms with Gasteiger partial charge >= 0.3 is 0 Å². The Balaban J connectivity index is 1.70. The molecule has 1 aliphatic rings. The first-order valence-corrected chi connectivity index (χ1v) is 9.76. The lowest BCUT2D eigenvalue weighted by Crippen LogP contribution is -2.33. The van der Waals surface area contributed by atoms with Gasteiger partial charge in [0, 0.05) is 23.2 Å². The minimum atomic E-state index is 0.0503. The van der Waals surface area contributed by atoms with E-state index in [9.17, 15) is 4.79 Å². The van der Waals surface area contributed by atoms with Gasteiger partial charge in [-0.3, -0.25) is 9.36 Å². The van der Waals surface area contributed by atoms with Crippen molar-refractivity contribution in [2.75, 3.05) is 5.75 Å². The topological polar surface area (TPSA) is 59.8 Å². The molecule has 2 aromatic rings. The van der Waals surface area contributed by atoms with Crippen LogP contribution >= 0.6 is 23.4 Å². The highest BCUT2D eigenvalue weighted by atomic mass is 35.5. The Morgan fingerprint density at radius 3 is 2.92 bits per heavy atom. The Labute approximate surface area is 156 Å². The van der Waals surface area contributed by atoms with Gasteiger partial charge in [-0.25, -0.2) is 0 Å². The molecular weight excluding hydrogens is 356 g/mol. The molecule has 1 aliphatic carbocycles. The number of carbonyl (C=O) groups is 1. The average Bonchev–Trinajstić information content (AvgIpc) is 3.23. The molecule has 1 aromatic heterocycles. The molecule has 1 heterocycles. The van der Waals surface area contributed by atoms with Crippen molar-refractivity contribution in [1.29, 1.82) is 0 Å². The molecule has 132 valence electrons. The molecule has 1 aromatic carbocycles. The van der Waals surface area contributed by atoms with Gasteiger partial charge in [0.1, 0.15) is 0 Å². The van der Waals surface area contributed by atoms with Gasteiger partial charge in [0.2, 0.25) is 5.91 Å². The Hall–Kier alpha value is -1.79. The van der Waals surface area contributed by atoms with Gasteiger partial charge < -0.3 is 5.32 Å². The number of aromatic nitrogens is 3. The predicted octanol–water partition coefficient (Wildman–Crippen LogP) is 3.94. The minimum absolute atomic E-state index is 0.0503. The van der Waals surface area contributed by atoms with E-state index in [1.54, 1.807) is 6.08 Å². The summed E-state index contributed by atoms with van der Waals surface area (Å²) < 4.78 is 1.95. The number of allylic oxidation sites excluding steroid dienone is 1. The van der Waals surface area contributed by atoms with Crippen LogP contribution in [0.1, 0.15) is 25.7 Å². The molecule has 1 amide bonds. The maximum atomic E-state index is 12.1. The molecule has 5 nitrogen and oxygen atoms in total. The molecule has 0 unspecified atom stereocenters. The molecule has 0 atom stereocenters. The third kappa shape index (κ3) is 4.64. The first kappa shape index (κ1) is 18.0. The lowest BCUT2D eigenvalue weighted by molar-refractivity contribution is -0.119. The first-order chi connectivity index (χ1) is 12.2. The molecule has 0 spiro atoms. The number of benzene rings is 1. The summed E-state index contributed by atoms with van der Waals surface area (Å²) in [4.78, 5) is 12.1. The molecule has 0 radical (unpaired) electrons. The fourth-order valence-corrected chi connectivity index (χ4v) is 3.95. The quantitative estimate of drug-likeness (QED) is 0.587. The van der Waals surface area contributed by atoms with Crippen LogP contribution in [-0.4, -0.2) is 32.5 Å². The van der Waals surface area contributed by atoms with Gasteiger partial charge in [-0.15, -0.1) is 16.8 Å².